The normalized spacial score (nSPS) is 17.1. The van der Waals surface area contributed by atoms with Gasteiger partial charge in [-0.1, -0.05) is 5.92 Å². The molecule has 0 saturated carbocycles. The molecule has 0 fully saturated rings. The summed E-state index contributed by atoms with van der Waals surface area (Å²) in [7, 11) is 0. The first kappa shape index (κ1) is 9.50. The largest absolute Gasteiger partial charge is 0.375 e. The van der Waals surface area contributed by atoms with Crippen LogP contribution in [-0.4, -0.2) is 29.5 Å². The van der Waals surface area contributed by atoms with E-state index in [-0.39, 0.29) is 0 Å². The molecule has 4 heteroatoms. The minimum Gasteiger partial charge on any atom is -0.375 e. The number of hydrogen-bond acceptors (Lipinski definition) is 4. The molecular weight excluding hydrogens is 194 g/mol. The van der Waals surface area contributed by atoms with Gasteiger partial charge in [0.15, 0.2) is 5.13 Å². The zero-order chi connectivity index (χ0) is 9.97. The lowest BCUT2D eigenvalue weighted by molar-refractivity contribution is 0.323. The maximum Gasteiger partial charge on any atom is 0.180 e. The van der Waals surface area contributed by atoms with Gasteiger partial charge in [0.05, 0.1) is 12.2 Å². The number of rotatable bonds is 1. The molecule has 0 atom stereocenters. The van der Waals surface area contributed by atoms with E-state index in [9.17, 15) is 0 Å². The van der Waals surface area contributed by atoms with Crippen molar-refractivity contribution < 1.29 is 0 Å². The van der Waals surface area contributed by atoms with Crippen molar-refractivity contribution in [2.24, 2.45) is 0 Å². The van der Waals surface area contributed by atoms with Gasteiger partial charge in [-0.15, -0.1) is 17.8 Å². The van der Waals surface area contributed by atoms with Crippen LogP contribution < -0.4 is 5.73 Å². The highest BCUT2D eigenvalue weighted by Gasteiger charge is 2.16. The second-order valence-electron chi connectivity index (χ2n) is 3.40. The van der Waals surface area contributed by atoms with Crippen LogP contribution in [0.15, 0.2) is 0 Å². The minimum atomic E-state index is 0.695. The van der Waals surface area contributed by atoms with Crippen molar-refractivity contribution in [1.82, 2.24) is 9.88 Å². The van der Waals surface area contributed by atoms with Gasteiger partial charge in [-0.25, -0.2) is 4.98 Å². The van der Waals surface area contributed by atoms with Crippen molar-refractivity contribution in [2.45, 2.75) is 12.8 Å². The topological polar surface area (TPSA) is 42.2 Å². The van der Waals surface area contributed by atoms with Crippen LogP contribution in [0.4, 0.5) is 5.13 Å². The molecule has 0 radical (unpaired) electrons. The molecule has 1 aliphatic rings. The van der Waals surface area contributed by atoms with Gasteiger partial charge in [0, 0.05) is 24.4 Å². The molecule has 14 heavy (non-hydrogen) atoms. The fourth-order valence-electron chi connectivity index (χ4n) is 1.72. The first-order valence-corrected chi connectivity index (χ1v) is 5.51. The van der Waals surface area contributed by atoms with E-state index in [2.05, 4.69) is 15.8 Å². The van der Waals surface area contributed by atoms with Crippen LogP contribution in [0.1, 0.15) is 10.6 Å². The van der Waals surface area contributed by atoms with Crippen molar-refractivity contribution in [2.75, 3.05) is 25.4 Å². The zero-order valence-electron chi connectivity index (χ0n) is 7.99. The molecule has 2 rings (SSSR count). The summed E-state index contributed by atoms with van der Waals surface area (Å²) in [6.45, 7) is 2.77. The van der Waals surface area contributed by atoms with E-state index in [1.54, 1.807) is 11.3 Å². The zero-order valence-corrected chi connectivity index (χ0v) is 8.81. The Morgan fingerprint density at radius 2 is 2.29 bits per heavy atom. The molecule has 0 unspecified atom stereocenters. The fraction of sp³-hybridized carbons (Fsp3) is 0.500. The minimum absolute atomic E-state index is 0.695. The van der Waals surface area contributed by atoms with E-state index < -0.39 is 0 Å². The lowest BCUT2D eigenvalue weighted by atomic mass is 10.2. The summed E-state index contributed by atoms with van der Waals surface area (Å²) >= 11 is 1.61. The Morgan fingerprint density at radius 3 is 3.07 bits per heavy atom. The number of thiazole rings is 1. The SMILES string of the molecule is C#CCN1CCc2nc(N)sc2CC1. The van der Waals surface area contributed by atoms with Crippen LogP contribution in [-0.2, 0) is 12.8 Å². The smallest absolute Gasteiger partial charge is 0.180 e. The summed E-state index contributed by atoms with van der Waals surface area (Å²) in [6.07, 6.45) is 7.30. The molecule has 2 N–H and O–H groups in total. The van der Waals surface area contributed by atoms with Gasteiger partial charge in [-0.2, -0.15) is 0 Å². The number of anilines is 1. The molecule has 0 spiro atoms. The van der Waals surface area contributed by atoms with Crippen LogP contribution >= 0.6 is 11.3 Å². The number of nitrogens with zero attached hydrogens (tertiary/aromatic N) is 2. The van der Waals surface area contributed by atoms with Crippen molar-refractivity contribution in [1.29, 1.82) is 0 Å². The fourth-order valence-corrected chi connectivity index (χ4v) is 2.58. The Balaban J connectivity index is 2.08. The second-order valence-corrected chi connectivity index (χ2v) is 4.52. The van der Waals surface area contributed by atoms with Crippen LogP contribution in [0.5, 0.6) is 0 Å². The summed E-state index contributed by atoms with van der Waals surface area (Å²) in [4.78, 5) is 7.94. The molecule has 74 valence electrons. The van der Waals surface area contributed by atoms with Crippen molar-refractivity contribution in [3.63, 3.8) is 0 Å². The van der Waals surface area contributed by atoms with Crippen molar-refractivity contribution >= 4 is 16.5 Å². The molecule has 0 amide bonds. The number of nitrogen functional groups attached to an aromatic ring is 1. The first-order chi connectivity index (χ1) is 6.79. The van der Waals surface area contributed by atoms with Crippen molar-refractivity contribution in [3.05, 3.63) is 10.6 Å². The Labute approximate surface area is 87.9 Å². The predicted molar refractivity (Wildman–Crippen MR) is 59.2 cm³/mol. The molecule has 0 saturated heterocycles. The van der Waals surface area contributed by atoms with E-state index in [1.807, 2.05) is 0 Å². The average Bonchev–Trinajstić information content (AvgIpc) is 2.42. The van der Waals surface area contributed by atoms with E-state index in [0.29, 0.717) is 5.13 Å². The van der Waals surface area contributed by atoms with Gasteiger partial charge in [-0.3, -0.25) is 4.90 Å². The molecule has 1 aromatic heterocycles. The Kier molecular flexibility index (Phi) is 2.71. The third-order valence-corrected chi connectivity index (χ3v) is 3.42. The van der Waals surface area contributed by atoms with E-state index in [1.165, 1.54) is 10.6 Å². The first-order valence-electron chi connectivity index (χ1n) is 4.69. The Hall–Kier alpha value is -1.05. The second kappa shape index (κ2) is 3.99. The Bertz CT molecular complexity index is 338. The van der Waals surface area contributed by atoms with Gasteiger partial charge in [0.1, 0.15) is 0 Å². The summed E-state index contributed by atoms with van der Waals surface area (Å²) in [6, 6.07) is 0. The number of hydrogen-bond donors (Lipinski definition) is 1. The van der Waals surface area contributed by atoms with Crippen LogP contribution in [0, 0.1) is 12.3 Å². The molecule has 1 aromatic rings. The predicted octanol–water partition coefficient (Wildman–Crippen LogP) is 0.759. The molecule has 0 aliphatic carbocycles. The average molecular weight is 207 g/mol. The number of terminal acetylenes is 1. The standard InChI is InChI=1S/C10H13N3S/c1-2-5-13-6-3-8-9(4-7-13)14-10(11)12-8/h1H,3-7H2,(H2,11,12). The van der Waals surface area contributed by atoms with Crippen molar-refractivity contribution in [3.8, 4) is 12.3 Å². The lowest BCUT2D eigenvalue weighted by Gasteiger charge is -2.15. The number of aromatic nitrogens is 1. The van der Waals surface area contributed by atoms with Gasteiger partial charge in [0.25, 0.3) is 0 Å². The summed E-state index contributed by atoms with van der Waals surface area (Å²) in [5.41, 5.74) is 6.84. The van der Waals surface area contributed by atoms with Gasteiger partial charge >= 0.3 is 0 Å². The van der Waals surface area contributed by atoms with Gasteiger partial charge in [0.2, 0.25) is 0 Å². The summed E-state index contributed by atoms with van der Waals surface area (Å²) in [5.74, 6) is 2.68. The van der Waals surface area contributed by atoms with E-state index >= 15 is 0 Å². The summed E-state index contributed by atoms with van der Waals surface area (Å²) in [5, 5.41) is 0.695. The highest BCUT2D eigenvalue weighted by molar-refractivity contribution is 7.15. The molecular formula is C10H13N3S. The van der Waals surface area contributed by atoms with E-state index in [0.717, 1.165) is 32.5 Å². The molecule has 2 heterocycles. The molecule has 0 aromatic carbocycles. The van der Waals surface area contributed by atoms with Gasteiger partial charge in [-0.05, 0) is 6.42 Å². The quantitative estimate of drug-likeness (QED) is 0.691. The highest BCUT2D eigenvalue weighted by Crippen LogP contribution is 2.23. The third-order valence-electron chi connectivity index (χ3n) is 2.43. The summed E-state index contributed by atoms with van der Waals surface area (Å²) < 4.78 is 0. The number of fused-ring (bicyclic) bond motifs is 1. The van der Waals surface area contributed by atoms with Crippen LogP contribution in [0.2, 0.25) is 0 Å². The molecule has 3 nitrogen and oxygen atoms in total. The van der Waals surface area contributed by atoms with Gasteiger partial charge < -0.3 is 5.73 Å². The maximum atomic E-state index is 5.66. The van der Waals surface area contributed by atoms with Crippen LogP contribution in [0.3, 0.4) is 0 Å². The molecule has 0 bridgehead atoms. The third kappa shape index (κ3) is 1.89. The molecule has 1 aliphatic heterocycles. The lowest BCUT2D eigenvalue weighted by Crippen LogP contribution is -2.26. The highest BCUT2D eigenvalue weighted by atomic mass is 32.1. The number of nitrogens with two attached hydrogens (primary N) is 1. The Morgan fingerprint density at radius 1 is 1.50 bits per heavy atom. The van der Waals surface area contributed by atoms with Crippen LogP contribution in [0.25, 0.3) is 0 Å². The monoisotopic (exact) mass is 207 g/mol. The maximum absolute atomic E-state index is 5.66. The van der Waals surface area contributed by atoms with E-state index in [4.69, 9.17) is 12.2 Å².